The number of hydrogen-bond donors (Lipinski definition) is 2. The number of aliphatic hydroxyl groups excluding tert-OH is 1. The van der Waals surface area contributed by atoms with Crippen molar-refractivity contribution in [2.75, 3.05) is 0 Å². The number of thiophene rings is 1. The molecule has 2 unspecified atom stereocenters. The maximum absolute atomic E-state index is 9.61. The van der Waals surface area contributed by atoms with Crippen molar-refractivity contribution in [3.63, 3.8) is 0 Å². The molecule has 1 fully saturated rings. The zero-order valence-electron chi connectivity index (χ0n) is 8.44. The minimum absolute atomic E-state index is 0.194. The van der Waals surface area contributed by atoms with Gasteiger partial charge in [0, 0.05) is 22.8 Å². The van der Waals surface area contributed by atoms with Gasteiger partial charge in [-0.05, 0) is 25.3 Å². The van der Waals surface area contributed by atoms with E-state index in [9.17, 15) is 5.11 Å². The van der Waals surface area contributed by atoms with Crippen molar-refractivity contribution in [2.24, 2.45) is 0 Å². The Morgan fingerprint density at radius 2 is 2.47 bits per heavy atom. The van der Waals surface area contributed by atoms with Gasteiger partial charge in [0.2, 0.25) is 0 Å². The SMILES string of the molecule is N#Cc1csc(CNC2CCCC2O)c1. The zero-order chi connectivity index (χ0) is 10.7. The fraction of sp³-hybridized carbons (Fsp3) is 0.545. The summed E-state index contributed by atoms with van der Waals surface area (Å²) in [6.07, 6.45) is 2.87. The Kier molecular flexibility index (Phi) is 3.37. The van der Waals surface area contributed by atoms with Crippen LogP contribution in [-0.2, 0) is 6.54 Å². The van der Waals surface area contributed by atoms with Crippen molar-refractivity contribution in [1.29, 1.82) is 5.26 Å². The van der Waals surface area contributed by atoms with Gasteiger partial charge >= 0.3 is 0 Å². The first kappa shape index (κ1) is 10.6. The fourth-order valence-corrected chi connectivity index (χ4v) is 2.70. The Balaban J connectivity index is 1.85. The molecule has 1 heterocycles. The lowest BCUT2D eigenvalue weighted by Crippen LogP contribution is -2.34. The van der Waals surface area contributed by atoms with Crippen LogP contribution in [0.15, 0.2) is 11.4 Å². The van der Waals surface area contributed by atoms with E-state index < -0.39 is 0 Å². The van der Waals surface area contributed by atoms with Crippen LogP contribution in [-0.4, -0.2) is 17.3 Å². The fourth-order valence-electron chi connectivity index (χ4n) is 1.94. The maximum Gasteiger partial charge on any atom is 0.100 e. The average Bonchev–Trinajstić information content (AvgIpc) is 2.84. The molecule has 1 aromatic rings. The zero-order valence-corrected chi connectivity index (χ0v) is 9.26. The molecule has 15 heavy (non-hydrogen) atoms. The minimum Gasteiger partial charge on any atom is -0.392 e. The summed E-state index contributed by atoms with van der Waals surface area (Å²) in [7, 11) is 0. The molecule has 1 aliphatic carbocycles. The second kappa shape index (κ2) is 4.75. The van der Waals surface area contributed by atoms with Crippen molar-refractivity contribution in [3.05, 3.63) is 21.9 Å². The number of nitrogens with zero attached hydrogens (tertiary/aromatic N) is 1. The Labute approximate surface area is 93.4 Å². The van der Waals surface area contributed by atoms with E-state index in [1.807, 2.05) is 11.4 Å². The van der Waals surface area contributed by atoms with E-state index in [4.69, 9.17) is 5.26 Å². The quantitative estimate of drug-likeness (QED) is 0.817. The van der Waals surface area contributed by atoms with Crippen LogP contribution in [0.25, 0.3) is 0 Å². The summed E-state index contributed by atoms with van der Waals surface area (Å²) in [5, 5.41) is 23.5. The molecule has 0 saturated heterocycles. The molecule has 80 valence electrons. The predicted octanol–water partition coefficient (Wildman–Crippen LogP) is 1.62. The molecule has 1 aromatic heterocycles. The van der Waals surface area contributed by atoms with Gasteiger partial charge < -0.3 is 10.4 Å². The van der Waals surface area contributed by atoms with Gasteiger partial charge in [0.25, 0.3) is 0 Å². The van der Waals surface area contributed by atoms with Gasteiger partial charge in [-0.3, -0.25) is 0 Å². The molecule has 2 rings (SSSR count). The molecule has 0 aromatic carbocycles. The Morgan fingerprint density at radius 1 is 1.60 bits per heavy atom. The van der Waals surface area contributed by atoms with Gasteiger partial charge in [-0.15, -0.1) is 11.3 Å². The highest BCUT2D eigenvalue weighted by molar-refractivity contribution is 7.10. The number of hydrogen-bond acceptors (Lipinski definition) is 4. The van der Waals surface area contributed by atoms with Crippen LogP contribution < -0.4 is 5.32 Å². The molecule has 1 aliphatic rings. The lowest BCUT2D eigenvalue weighted by Gasteiger charge is -2.15. The van der Waals surface area contributed by atoms with Crippen molar-refractivity contribution < 1.29 is 5.11 Å². The average molecular weight is 222 g/mol. The molecule has 0 aliphatic heterocycles. The summed E-state index contributed by atoms with van der Waals surface area (Å²) in [5.41, 5.74) is 0.726. The second-order valence-electron chi connectivity index (χ2n) is 3.90. The molecule has 0 radical (unpaired) electrons. The molecule has 0 spiro atoms. The molecule has 1 saturated carbocycles. The van der Waals surface area contributed by atoms with E-state index in [0.717, 1.165) is 36.2 Å². The van der Waals surface area contributed by atoms with Crippen LogP contribution in [0.5, 0.6) is 0 Å². The first-order valence-electron chi connectivity index (χ1n) is 5.18. The van der Waals surface area contributed by atoms with E-state index in [-0.39, 0.29) is 12.1 Å². The summed E-state index contributed by atoms with van der Waals surface area (Å²) in [4.78, 5) is 1.16. The number of nitriles is 1. The summed E-state index contributed by atoms with van der Waals surface area (Å²) < 4.78 is 0. The Hall–Kier alpha value is -0.890. The molecule has 2 atom stereocenters. The van der Waals surface area contributed by atoms with Crippen LogP contribution in [0.4, 0.5) is 0 Å². The number of rotatable bonds is 3. The van der Waals surface area contributed by atoms with Crippen LogP contribution >= 0.6 is 11.3 Å². The Bertz CT molecular complexity index is 369. The first-order valence-corrected chi connectivity index (χ1v) is 6.06. The standard InChI is InChI=1S/C11H14N2OS/c12-5-8-4-9(15-7-8)6-13-10-2-1-3-11(10)14/h4,7,10-11,13-14H,1-3,6H2. The van der Waals surface area contributed by atoms with Gasteiger partial charge in [0.1, 0.15) is 6.07 Å². The van der Waals surface area contributed by atoms with Crippen LogP contribution in [0.2, 0.25) is 0 Å². The second-order valence-corrected chi connectivity index (χ2v) is 4.89. The van der Waals surface area contributed by atoms with E-state index in [0.29, 0.717) is 0 Å². The molecule has 0 bridgehead atoms. The maximum atomic E-state index is 9.61. The predicted molar refractivity (Wildman–Crippen MR) is 59.5 cm³/mol. The molecule has 2 N–H and O–H groups in total. The van der Waals surface area contributed by atoms with Crippen LogP contribution in [0.3, 0.4) is 0 Å². The molecular weight excluding hydrogens is 208 g/mol. The van der Waals surface area contributed by atoms with Crippen molar-refractivity contribution in [2.45, 2.75) is 38.0 Å². The van der Waals surface area contributed by atoms with Crippen LogP contribution in [0, 0.1) is 11.3 Å². The molecular formula is C11H14N2OS. The summed E-state index contributed by atoms with van der Waals surface area (Å²) in [6.45, 7) is 0.758. The number of nitrogens with one attached hydrogen (secondary N) is 1. The third kappa shape index (κ3) is 2.57. The van der Waals surface area contributed by atoms with Gasteiger partial charge in [-0.2, -0.15) is 5.26 Å². The monoisotopic (exact) mass is 222 g/mol. The number of aliphatic hydroxyl groups is 1. The molecule has 0 amide bonds. The van der Waals surface area contributed by atoms with Gasteiger partial charge in [0.05, 0.1) is 11.7 Å². The summed E-state index contributed by atoms with van der Waals surface area (Å²) >= 11 is 1.59. The van der Waals surface area contributed by atoms with Gasteiger partial charge in [0.15, 0.2) is 0 Å². The van der Waals surface area contributed by atoms with E-state index in [2.05, 4.69) is 11.4 Å². The first-order chi connectivity index (χ1) is 7.29. The van der Waals surface area contributed by atoms with Crippen molar-refractivity contribution in [1.82, 2.24) is 5.32 Å². The smallest absolute Gasteiger partial charge is 0.100 e. The Morgan fingerprint density at radius 3 is 3.07 bits per heavy atom. The minimum atomic E-state index is -0.194. The van der Waals surface area contributed by atoms with E-state index in [1.54, 1.807) is 11.3 Å². The van der Waals surface area contributed by atoms with Crippen molar-refractivity contribution in [3.8, 4) is 6.07 Å². The summed E-state index contributed by atoms with van der Waals surface area (Å²) in [6, 6.07) is 4.25. The highest BCUT2D eigenvalue weighted by Crippen LogP contribution is 2.20. The summed E-state index contributed by atoms with van der Waals surface area (Å²) in [5.74, 6) is 0. The largest absolute Gasteiger partial charge is 0.392 e. The molecule has 3 nitrogen and oxygen atoms in total. The van der Waals surface area contributed by atoms with E-state index >= 15 is 0 Å². The third-order valence-corrected chi connectivity index (χ3v) is 3.74. The lowest BCUT2D eigenvalue weighted by atomic mass is 10.2. The van der Waals surface area contributed by atoms with Gasteiger partial charge in [-0.25, -0.2) is 0 Å². The lowest BCUT2D eigenvalue weighted by molar-refractivity contribution is 0.149. The van der Waals surface area contributed by atoms with E-state index in [1.165, 1.54) is 0 Å². The third-order valence-electron chi connectivity index (χ3n) is 2.80. The highest BCUT2D eigenvalue weighted by Gasteiger charge is 2.24. The van der Waals surface area contributed by atoms with Crippen molar-refractivity contribution >= 4 is 11.3 Å². The molecule has 4 heteroatoms. The van der Waals surface area contributed by atoms with Gasteiger partial charge in [-0.1, -0.05) is 0 Å². The highest BCUT2D eigenvalue weighted by atomic mass is 32.1. The van der Waals surface area contributed by atoms with Crippen LogP contribution in [0.1, 0.15) is 29.7 Å². The normalized spacial score (nSPS) is 25.3. The topological polar surface area (TPSA) is 56.0 Å².